The molecule has 1 unspecified atom stereocenters. The minimum Gasteiger partial charge on any atom is -0.406 e. The van der Waals surface area contributed by atoms with Crippen molar-refractivity contribution >= 4 is 0 Å². The summed E-state index contributed by atoms with van der Waals surface area (Å²) >= 11 is 0. The van der Waals surface area contributed by atoms with Gasteiger partial charge in [0.15, 0.2) is 6.29 Å². The molecule has 0 radical (unpaired) electrons. The van der Waals surface area contributed by atoms with Crippen LogP contribution in [0.15, 0.2) is 24.3 Å². The van der Waals surface area contributed by atoms with Gasteiger partial charge in [-0.25, -0.2) is 0 Å². The first-order valence-corrected chi connectivity index (χ1v) is 6.61. The van der Waals surface area contributed by atoms with Crippen LogP contribution in [0.25, 0.3) is 0 Å². The quantitative estimate of drug-likeness (QED) is 0.750. The lowest BCUT2D eigenvalue weighted by molar-refractivity contribution is -0.274. The van der Waals surface area contributed by atoms with E-state index < -0.39 is 18.8 Å². The minimum atomic E-state index is -4.71. The summed E-state index contributed by atoms with van der Waals surface area (Å²) < 4.78 is 50.4. The largest absolute Gasteiger partial charge is 0.573 e. The Bertz CT molecular complexity index is 400. The van der Waals surface area contributed by atoms with Crippen LogP contribution >= 0.6 is 0 Å². The Labute approximate surface area is 121 Å². The Kier molecular flexibility index (Phi) is 6.94. The van der Waals surface area contributed by atoms with Crippen LogP contribution in [0.5, 0.6) is 5.75 Å². The van der Waals surface area contributed by atoms with Crippen molar-refractivity contribution < 1.29 is 32.5 Å². The molecule has 1 aromatic rings. The fourth-order valence-electron chi connectivity index (χ4n) is 1.76. The van der Waals surface area contributed by atoms with Crippen LogP contribution in [0.2, 0.25) is 0 Å². The van der Waals surface area contributed by atoms with Gasteiger partial charge in [-0.15, -0.1) is 13.2 Å². The predicted molar refractivity (Wildman–Crippen MR) is 69.9 cm³/mol. The van der Waals surface area contributed by atoms with Crippen LogP contribution in [-0.4, -0.2) is 37.1 Å². The molecule has 0 aliphatic carbocycles. The molecule has 1 atom stereocenters. The van der Waals surface area contributed by atoms with E-state index in [9.17, 15) is 18.3 Å². The number of alkyl halides is 3. The lowest BCUT2D eigenvalue weighted by Gasteiger charge is -2.22. The molecule has 0 saturated carbocycles. The molecule has 120 valence electrons. The molecule has 21 heavy (non-hydrogen) atoms. The predicted octanol–water partition coefficient (Wildman–Crippen LogP) is 2.89. The van der Waals surface area contributed by atoms with Gasteiger partial charge in [-0.1, -0.05) is 12.1 Å². The Morgan fingerprint density at radius 3 is 2.00 bits per heavy atom. The molecule has 1 N–H and O–H groups in total. The Balaban J connectivity index is 2.61. The molecule has 0 bridgehead atoms. The fourth-order valence-corrected chi connectivity index (χ4v) is 1.76. The zero-order chi connectivity index (χ0) is 15.9. The van der Waals surface area contributed by atoms with Crippen molar-refractivity contribution in [3.05, 3.63) is 29.8 Å². The van der Waals surface area contributed by atoms with Crippen LogP contribution in [-0.2, 0) is 15.9 Å². The highest BCUT2D eigenvalue weighted by molar-refractivity contribution is 5.27. The topological polar surface area (TPSA) is 47.9 Å². The fraction of sp³-hybridized carbons (Fsp3) is 0.571. The first kappa shape index (κ1) is 17.7. The van der Waals surface area contributed by atoms with Gasteiger partial charge in [0, 0.05) is 19.6 Å². The molecule has 0 fully saturated rings. The van der Waals surface area contributed by atoms with Gasteiger partial charge in [0.1, 0.15) is 11.9 Å². The molecule has 0 aliphatic heterocycles. The third-order valence-electron chi connectivity index (χ3n) is 2.58. The monoisotopic (exact) mass is 308 g/mol. The molecule has 0 heterocycles. The van der Waals surface area contributed by atoms with E-state index in [1.807, 2.05) is 0 Å². The average Bonchev–Trinajstić information content (AvgIpc) is 2.39. The highest BCUT2D eigenvalue weighted by Crippen LogP contribution is 2.23. The first-order chi connectivity index (χ1) is 9.85. The van der Waals surface area contributed by atoms with E-state index in [4.69, 9.17) is 9.47 Å². The summed E-state index contributed by atoms with van der Waals surface area (Å²) in [5, 5.41) is 10.0. The van der Waals surface area contributed by atoms with Gasteiger partial charge in [0.25, 0.3) is 0 Å². The number of halogens is 3. The molecule has 7 heteroatoms. The first-order valence-electron chi connectivity index (χ1n) is 6.61. The van der Waals surface area contributed by atoms with Crippen molar-refractivity contribution in [1.29, 1.82) is 0 Å². The lowest BCUT2D eigenvalue weighted by Crippen LogP contribution is -2.33. The number of ether oxygens (including phenoxy) is 3. The lowest BCUT2D eigenvalue weighted by atomic mass is 10.1. The van der Waals surface area contributed by atoms with E-state index in [2.05, 4.69) is 4.74 Å². The normalized spacial score (nSPS) is 13.5. The smallest absolute Gasteiger partial charge is 0.406 e. The van der Waals surface area contributed by atoms with Crippen LogP contribution in [0.4, 0.5) is 13.2 Å². The summed E-state index contributed by atoms with van der Waals surface area (Å²) in [6, 6.07) is 5.32. The van der Waals surface area contributed by atoms with E-state index >= 15 is 0 Å². The number of hydrogen-bond acceptors (Lipinski definition) is 4. The highest BCUT2D eigenvalue weighted by atomic mass is 19.4. The summed E-state index contributed by atoms with van der Waals surface area (Å²) in [6.45, 7) is 4.34. The summed E-state index contributed by atoms with van der Waals surface area (Å²) in [5.74, 6) is -0.299. The summed E-state index contributed by atoms with van der Waals surface area (Å²) in [6.07, 6.45) is -6.17. The molecular formula is C14H19F3O4. The van der Waals surface area contributed by atoms with Gasteiger partial charge in [-0.05, 0) is 31.5 Å². The molecule has 1 aromatic carbocycles. The van der Waals surface area contributed by atoms with E-state index in [1.165, 1.54) is 24.3 Å². The molecule has 0 spiro atoms. The average molecular weight is 308 g/mol. The van der Waals surface area contributed by atoms with Crippen LogP contribution < -0.4 is 4.74 Å². The van der Waals surface area contributed by atoms with Crippen LogP contribution in [0.1, 0.15) is 19.4 Å². The van der Waals surface area contributed by atoms with Gasteiger partial charge in [0.2, 0.25) is 0 Å². The zero-order valence-corrected chi connectivity index (χ0v) is 11.9. The maximum atomic E-state index is 12.0. The third kappa shape index (κ3) is 6.79. The van der Waals surface area contributed by atoms with Crippen molar-refractivity contribution in [2.75, 3.05) is 13.2 Å². The van der Waals surface area contributed by atoms with E-state index in [1.54, 1.807) is 13.8 Å². The van der Waals surface area contributed by atoms with Gasteiger partial charge in [0.05, 0.1) is 0 Å². The van der Waals surface area contributed by atoms with Crippen molar-refractivity contribution in [3.63, 3.8) is 0 Å². The van der Waals surface area contributed by atoms with Crippen molar-refractivity contribution in [1.82, 2.24) is 0 Å². The molecule has 0 aromatic heterocycles. The van der Waals surface area contributed by atoms with Gasteiger partial charge in [-0.3, -0.25) is 0 Å². The maximum absolute atomic E-state index is 12.0. The highest BCUT2D eigenvalue weighted by Gasteiger charge is 2.31. The molecule has 0 amide bonds. The number of hydrogen-bond donors (Lipinski definition) is 1. The van der Waals surface area contributed by atoms with Crippen LogP contribution in [0.3, 0.4) is 0 Å². The number of aliphatic hydroxyl groups excluding tert-OH is 1. The molecule has 1 rings (SSSR count). The second kappa shape index (κ2) is 8.21. The number of rotatable bonds is 8. The number of aliphatic hydroxyl groups is 1. The zero-order valence-electron chi connectivity index (χ0n) is 11.9. The Hall–Kier alpha value is -1.31. The second-order valence-corrected chi connectivity index (χ2v) is 4.24. The number of benzene rings is 1. The van der Waals surface area contributed by atoms with Crippen molar-refractivity contribution in [2.24, 2.45) is 0 Å². The molecule has 4 nitrogen and oxygen atoms in total. The summed E-state index contributed by atoms with van der Waals surface area (Å²) in [7, 11) is 0. The molecule has 0 saturated heterocycles. The van der Waals surface area contributed by atoms with Gasteiger partial charge in [-0.2, -0.15) is 0 Å². The van der Waals surface area contributed by atoms with E-state index in [0.29, 0.717) is 18.8 Å². The minimum absolute atomic E-state index is 0.205. The van der Waals surface area contributed by atoms with Crippen molar-refractivity contribution in [2.45, 2.75) is 39.0 Å². The Morgan fingerprint density at radius 2 is 1.57 bits per heavy atom. The summed E-state index contributed by atoms with van der Waals surface area (Å²) in [4.78, 5) is 0. The summed E-state index contributed by atoms with van der Waals surface area (Å²) in [5.41, 5.74) is 0.654. The van der Waals surface area contributed by atoms with E-state index in [-0.39, 0.29) is 12.2 Å². The SMILES string of the molecule is CCOC(OCC)C(O)Cc1ccc(OC(F)(F)F)cc1. The van der Waals surface area contributed by atoms with Gasteiger partial charge < -0.3 is 19.3 Å². The molecule has 0 aliphatic rings. The Morgan fingerprint density at radius 1 is 1.05 bits per heavy atom. The second-order valence-electron chi connectivity index (χ2n) is 4.24. The van der Waals surface area contributed by atoms with Gasteiger partial charge >= 0.3 is 6.36 Å². The van der Waals surface area contributed by atoms with Crippen molar-refractivity contribution in [3.8, 4) is 5.75 Å². The van der Waals surface area contributed by atoms with Crippen LogP contribution in [0, 0.1) is 0 Å². The molecular weight excluding hydrogens is 289 g/mol. The standard InChI is InChI=1S/C14H19F3O4/c1-3-19-13(20-4-2)12(18)9-10-5-7-11(8-6-10)21-14(15,16)17/h5-8,12-13,18H,3-4,9H2,1-2H3. The van der Waals surface area contributed by atoms with E-state index in [0.717, 1.165) is 0 Å². The third-order valence-corrected chi connectivity index (χ3v) is 2.58. The maximum Gasteiger partial charge on any atom is 0.573 e.